The maximum absolute atomic E-state index is 10.6. The molecule has 1 aromatic carbocycles. The van der Waals surface area contributed by atoms with Gasteiger partial charge in [0.1, 0.15) is 0 Å². The van der Waals surface area contributed by atoms with Gasteiger partial charge in [-0.2, -0.15) is 0 Å². The van der Waals surface area contributed by atoms with Crippen LogP contribution in [0.2, 0.25) is 5.02 Å². The smallest absolute Gasteiger partial charge is 0.371 e. The second-order valence-electron chi connectivity index (χ2n) is 3.37. The summed E-state index contributed by atoms with van der Waals surface area (Å²) in [6.45, 7) is 0. The van der Waals surface area contributed by atoms with Crippen molar-refractivity contribution in [2.75, 3.05) is 0 Å². The molecule has 0 bridgehead atoms. The largest absolute Gasteiger partial charge is 0.475 e. The molecule has 4 nitrogen and oxygen atoms in total. The summed E-state index contributed by atoms with van der Waals surface area (Å²) in [4.78, 5) is 17.1. The number of aromatic amines is 1. The predicted molar refractivity (Wildman–Crippen MR) is 59.8 cm³/mol. The number of carboxylic acid groups (broad SMARTS) is 1. The zero-order valence-corrected chi connectivity index (χ0v) is 9.03. The molecular formula is C11H9ClN2O2. The van der Waals surface area contributed by atoms with Crippen LogP contribution in [-0.2, 0) is 6.42 Å². The van der Waals surface area contributed by atoms with Crippen LogP contribution in [0.5, 0.6) is 0 Å². The molecular weight excluding hydrogens is 228 g/mol. The van der Waals surface area contributed by atoms with Gasteiger partial charge in [0.05, 0.1) is 0 Å². The number of nitrogens with zero attached hydrogens (tertiary/aromatic N) is 1. The first kappa shape index (κ1) is 10.7. The molecule has 16 heavy (non-hydrogen) atoms. The topological polar surface area (TPSA) is 66.0 Å². The summed E-state index contributed by atoms with van der Waals surface area (Å²) in [6, 6.07) is 7.38. The van der Waals surface area contributed by atoms with Crippen molar-refractivity contribution in [3.05, 3.63) is 52.6 Å². The van der Waals surface area contributed by atoms with E-state index < -0.39 is 5.97 Å². The number of carboxylic acids is 1. The molecule has 0 unspecified atom stereocenters. The molecule has 0 aliphatic rings. The number of halogens is 1. The highest BCUT2D eigenvalue weighted by Crippen LogP contribution is 2.12. The van der Waals surface area contributed by atoms with Crippen molar-refractivity contribution in [1.29, 1.82) is 0 Å². The molecule has 0 radical (unpaired) electrons. The quantitative estimate of drug-likeness (QED) is 0.860. The summed E-state index contributed by atoms with van der Waals surface area (Å²) in [5, 5.41) is 9.37. The highest BCUT2D eigenvalue weighted by atomic mass is 35.5. The Morgan fingerprint density at radius 3 is 2.62 bits per heavy atom. The standard InChI is InChI=1S/C11H9ClN2O2/c12-8-3-1-7(2-4-8)5-9-6-13-10(14-9)11(15)16/h1-4,6H,5H2,(H,13,14)(H,15,16). The molecule has 5 heteroatoms. The minimum absolute atomic E-state index is 0.0380. The third-order valence-electron chi connectivity index (χ3n) is 2.14. The second-order valence-corrected chi connectivity index (χ2v) is 3.80. The van der Waals surface area contributed by atoms with E-state index in [1.54, 1.807) is 12.1 Å². The van der Waals surface area contributed by atoms with Crippen LogP contribution in [0.3, 0.4) is 0 Å². The average Bonchev–Trinajstić information content (AvgIpc) is 2.70. The molecule has 0 spiro atoms. The number of hydrogen-bond donors (Lipinski definition) is 2. The molecule has 0 fully saturated rings. The molecule has 2 rings (SSSR count). The molecule has 0 aliphatic heterocycles. The summed E-state index contributed by atoms with van der Waals surface area (Å²) in [6.07, 6.45) is 2.13. The van der Waals surface area contributed by atoms with E-state index in [1.165, 1.54) is 6.20 Å². The molecule has 1 aromatic heterocycles. The van der Waals surface area contributed by atoms with Gasteiger partial charge in [-0.25, -0.2) is 9.78 Å². The Bertz CT molecular complexity index is 505. The molecule has 0 saturated heterocycles. The van der Waals surface area contributed by atoms with E-state index in [0.717, 1.165) is 11.3 Å². The van der Waals surface area contributed by atoms with E-state index in [-0.39, 0.29) is 5.82 Å². The lowest BCUT2D eigenvalue weighted by Gasteiger charge is -1.98. The first-order valence-corrected chi connectivity index (χ1v) is 5.04. The van der Waals surface area contributed by atoms with E-state index in [2.05, 4.69) is 9.97 Å². The Balaban J connectivity index is 2.14. The number of aromatic nitrogens is 2. The SMILES string of the molecule is O=C(O)c1ncc(Cc2ccc(Cl)cc2)[nH]1. The summed E-state index contributed by atoms with van der Waals surface area (Å²) in [5.74, 6) is -1.09. The van der Waals surface area contributed by atoms with Crippen LogP contribution in [0, 0.1) is 0 Å². The van der Waals surface area contributed by atoms with Gasteiger partial charge >= 0.3 is 5.97 Å². The monoisotopic (exact) mass is 236 g/mol. The molecule has 82 valence electrons. The summed E-state index contributed by atoms with van der Waals surface area (Å²) in [5.41, 5.74) is 1.81. The van der Waals surface area contributed by atoms with Crippen LogP contribution in [0.4, 0.5) is 0 Å². The maximum Gasteiger partial charge on any atom is 0.371 e. The Kier molecular flexibility index (Phi) is 2.92. The Hall–Kier alpha value is -1.81. The lowest BCUT2D eigenvalue weighted by atomic mass is 10.1. The van der Waals surface area contributed by atoms with Crippen LogP contribution in [-0.4, -0.2) is 21.0 Å². The second kappa shape index (κ2) is 4.37. The van der Waals surface area contributed by atoms with Crippen LogP contribution in [0.1, 0.15) is 21.9 Å². The number of imidazole rings is 1. The van der Waals surface area contributed by atoms with Crippen molar-refractivity contribution in [1.82, 2.24) is 9.97 Å². The molecule has 0 aliphatic carbocycles. The number of aromatic carboxylic acids is 1. The van der Waals surface area contributed by atoms with E-state index >= 15 is 0 Å². The van der Waals surface area contributed by atoms with Gasteiger partial charge < -0.3 is 10.1 Å². The molecule has 1 heterocycles. The number of benzene rings is 1. The zero-order valence-electron chi connectivity index (χ0n) is 8.27. The average molecular weight is 237 g/mol. The Morgan fingerprint density at radius 2 is 2.06 bits per heavy atom. The molecule has 2 aromatic rings. The van der Waals surface area contributed by atoms with Crippen molar-refractivity contribution in [3.8, 4) is 0 Å². The Morgan fingerprint density at radius 1 is 1.38 bits per heavy atom. The predicted octanol–water partition coefficient (Wildman–Crippen LogP) is 2.35. The van der Waals surface area contributed by atoms with Gasteiger partial charge in [-0.1, -0.05) is 23.7 Å². The fraction of sp³-hybridized carbons (Fsp3) is 0.0909. The summed E-state index contributed by atoms with van der Waals surface area (Å²) in [7, 11) is 0. The molecule has 0 saturated carbocycles. The normalized spacial score (nSPS) is 10.3. The van der Waals surface area contributed by atoms with Gasteiger partial charge in [-0.05, 0) is 17.7 Å². The van der Waals surface area contributed by atoms with Crippen molar-refractivity contribution < 1.29 is 9.90 Å². The lowest BCUT2D eigenvalue weighted by Crippen LogP contribution is -1.99. The Labute approximate surface area is 96.9 Å². The highest BCUT2D eigenvalue weighted by Gasteiger charge is 2.07. The summed E-state index contributed by atoms with van der Waals surface area (Å²) >= 11 is 5.76. The number of hydrogen-bond acceptors (Lipinski definition) is 2. The van der Waals surface area contributed by atoms with Crippen LogP contribution in [0.15, 0.2) is 30.5 Å². The van der Waals surface area contributed by atoms with E-state index in [1.807, 2.05) is 12.1 Å². The van der Waals surface area contributed by atoms with Crippen LogP contribution >= 0.6 is 11.6 Å². The number of nitrogens with one attached hydrogen (secondary N) is 1. The highest BCUT2D eigenvalue weighted by molar-refractivity contribution is 6.30. The fourth-order valence-corrected chi connectivity index (χ4v) is 1.51. The van der Waals surface area contributed by atoms with E-state index in [9.17, 15) is 4.79 Å². The van der Waals surface area contributed by atoms with Gasteiger partial charge in [0.25, 0.3) is 0 Å². The third-order valence-corrected chi connectivity index (χ3v) is 2.39. The van der Waals surface area contributed by atoms with Gasteiger partial charge in [-0.3, -0.25) is 0 Å². The lowest BCUT2D eigenvalue weighted by molar-refractivity contribution is 0.0684. The number of H-pyrrole nitrogens is 1. The first-order valence-electron chi connectivity index (χ1n) is 4.67. The van der Waals surface area contributed by atoms with E-state index in [4.69, 9.17) is 16.7 Å². The van der Waals surface area contributed by atoms with Gasteiger partial charge in [0, 0.05) is 23.3 Å². The van der Waals surface area contributed by atoms with Gasteiger partial charge in [0.15, 0.2) is 0 Å². The van der Waals surface area contributed by atoms with Gasteiger partial charge in [0.2, 0.25) is 5.82 Å². The number of carbonyl (C=O) groups is 1. The number of rotatable bonds is 3. The van der Waals surface area contributed by atoms with Crippen molar-refractivity contribution in [3.63, 3.8) is 0 Å². The molecule has 2 N–H and O–H groups in total. The maximum atomic E-state index is 10.6. The third kappa shape index (κ3) is 2.41. The van der Waals surface area contributed by atoms with Gasteiger partial charge in [-0.15, -0.1) is 0 Å². The van der Waals surface area contributed by atoms with E-state index in [0.29, 0.717) is 11.4 Å². The minimum atomic E-state index is -1.05. The zero-order chi connectivity index (χ0) is 11.5. The van der Waals surface area contributed by atoms with Crippen LogP contribution < -0.4 is 0 Å². The summed E-state index contributed by atoms with van der Waals surface area (Å²) < 4.78 is 0. The molecule has 0 atom stereocenters. The van der Waals surface area contributed by atoms with Crippen molar-refractivity contribution in [2.45, 2.75) is 6.42 Å². The molecule has 0 amide bonds. The fourth-order valence-electron chi connectivity index (χ4n) is 1.38. The van der Waals surface area contributed by atoms with Crippen molar-refractivity contribution >= 4 is 17.6 Å². The van der Waals surface area contributed by atoms with Crippen molar-refractivity contribution in [2.24, 2.45) is 0 Å². The minimum Gasteiger partial charge on any atom is -0.475 e. The first-order chi connectivity index (χ1) is 7.65. The van der Waals surface area contributed by atoms with Crippen LogP contribution in [0.25, 0.3) is 0 Å².